The summed E-state index contributed by atoms with van der Waals surface area (Å²) in [7, 11) is 0. The van der Waals surface area contributed by atoms with Gasteiger partial charge in [-0.15, -0.1) is 6.58 Å². The Morgan fingerprint density at radius 2 is 2.03 bits per heavy atom. The van der Waals surface area contributed by atoms with E-state index in [4.69, 9.17) is 0 Å². The van der Waals surface area contributed by atoms with Crippen LogP contribution >= 0.6 is 11.8 Å². The van der Waals surface area contributed by atoms with E-state index in [0.717, 1.165) is 5.70 Å². The van der Waals surface area contributed by atoms with E-state index < -0.39 is 16.8 Å². The van der Waals surface area contributed by atoms with Crippen molar-refractivity contribution < 1.29 is 9.72 Å². The van der Waals surface area contributed by atoms with Crippen LogP contribution in [0.1, 0.15) is 29.9 Å². The molecule has 1 aromatic carbocycles. The number of allylic oxidation sites excluding steroid dienone is 2. The van der Waals surface area contributed by atoms with Gasteiger partial charge in [0.2, 0.25) is 0 Å². The van der Waals surface area contributed by atoms with Gasteiger partial charge in [-0.25, -0.2) is 4.98 Å². The molecule has 0 amide bonds. The zero-order valence-electron chi connectivity index (χ0n) is 15.4. The number of benzene rings is 1. The molecular weight excluding hydrogens is 392 g/mol. The molecule has 2 aromatic rings. The van der Waals surface area contributed by atoms with Crippen LogP contribution in [-0.2, 0) is 4.79 Å². The Labute approximate surface area is 170 Å². The van der Waals surface area contributed by atoms with E-state index in [1.165, 1.54) is 23.9 Å². The summed E-state index contributed by atoms with van der Waals surface area (Å²) in [5.41, 5.74) is 1.41. The third kappa shape index (κ3) is 3.49. The maximum Gasteiger partial charge on any atom is 0.269 e. The summed E-state index contributed by atoms with van der Waals surface area (Å²) in [6, 6.07) is 6.00. The SMILES string of the molecule is C=CCSc1nc2c(c(=O)[nH]1)[C@H](c1ccc([N+](=O)[O-])cc1)[C@H]1C(=O)CCC=C1N2. The lowest BCUT2D eigenvalue weighted by Crippen LogP contribution is -2.38. The molecule has 0 fully saturated rings. The number of Topliss-reactive ketones (excluding diaryl/α,β-unsaturated/α-hetero) is 1. The van der Waals surface area contributed by atoms with Gasteiger partial charge in [-0.1, -0.05) is 36.0 Å². The van der Waals surface area contributed by atoms with Gasteiger partial charge in [-0.2, -0.15) is 0 Å². The van der Waals surface area contributed by atoms with Crippen molar-refractivity contribution in [3.63, 3.8) is 0 Å². The van der Waals surface area contributed by atoms with Crippen molar-refractivity contribution in [2.75, 3.05) is 11.1 Å². The van der Waals surface area contributed by atoms with E-state index in [1.807, 2.05) is 6.08 Å². The monoisotopic (exact) mass is 410 g/mol. The van der Waals surface area contributed by atoms with Crippen molar-refractivity contribution >= 4 is 29.1 Å². The fraction of sp³-hybridized carbons (Fsp3) is 0.250. The Morgan fingerprint density at radius 3 is 2.72 bits per heavy atom. The largest absolute Gasteiger partial charge is 0.343 e. The van der Waals surface area contributed by atoms with Crippen molar-refractivity contribution in [3.05, 3.63) is 80.3 Å². The average molecular weight is 410 g/mol. The Hall–Kier alpha value is -3.20. The Morgan fingerprint density at radius 1 is 1.28 bits per heavy atom. The number of non-ortho nitro benzene ring substituents is 1. The molecule has 0 saturated heterocycles. The number of fused-ring (bicyclic) bond motifs is 2. The van der Waals surface area contributed by atoms with Crippen molar-refractivity contribution in [3.8, 4) is 0 Å². The first-order valence-corrected chi connectivity index (χ1v) is 10.1. The number of aromatic nitrogens is 2. The summed E-state index contributed by atoms with van der Waals surface area (Å²) < 4.78 is 0. The number of ketones is 1. The number of rotatable bonds is 5. The molecular formula is C20H18N4O4S. The summed E-state index contributed by atoms with van der Waals surface area (Å²) in [4.78, 5) is 43.6. The molecule has 0 spiro atoms. The predicted octanol–water partition coefficient (Wildman–Crippen LogP) is 3.38. The van der Waals surface area contributed by atoms with E-state index in [0.29, 0.717) is 40.7 Å². The smallest absolute Gasteiger partial charge is 0.269 e. The van der Waals surface area contributed by atoms with Crippen molar-refractivity contribution in [2.24, 2.45) is 5.92 Å². The maximum atomic E-state index is 13.0. The molecule has 1 aliphatic heterocycles. The lowest BCUT2D eigenvalue weighted by atomic mass is 9.72. The standard InChI is InChI=1S/C20H18N4O4S/c1-2-10-29-20-22-18-17(19(26)23-20)15(11-6-8-12(9-7-11)24(27)28)16-13(21-18)4-3-5-14(16)25/h2,4,6-9,15-16H,1,3,5,10H2,(H2,21,22,23,26)/t15-,16-/m1/s1. The number of anilines is 1. The number of nitrogens with one attached hydrogen (secondary N) is 2. The molecule has 29 heavy (non-hydrogen) atoms. The van der Waals surface area contributed by atoms with Crippen LogP contribution < -0.4 is 10.9 Å². The van der Waals surface area contributed by atoms with Gasteiger partial charge in [-0.05, 0) is 12.0 Å². The molecule has 0 bridgehead atoms. The Bertz CT molecular complexity index is 1090. The number of thioether (sulfide) groups is 1. The molecule has 8 nitrogen and oxygen atoms in total. The van der Waals surface area contributed by atoms with Gasteiger partial charge in [0, 0.05) is 35.9 Å². The molecule has 0 saturated carbocycles. The van der Waals surface area contributed by atoms with Gasteiger partial charge in [0.1, 0.15) is 11.6 Å². The van der Waals surface area contributed by atoms with Gasteiger partial charge >= 0.3 is 0 Å². The lowest BCUT2D eigenvalue weighted by molar-refractivity contribution is -0.384. The molecule has 0 unspecified atom stereocenters. The topological polar surface area (TPSA) is 118 Å². The van der Waals surface area contributed by atoms with Gasteiger partial charge in [0.05, 0.1) is 16.4 Å². The third-order valence-electron chi connectivity index (χ3n) is 5.08. The summed E-state index contributed by atoms with van der Waals surface area (Å²) in [6.07, 6.45) is 4.71. The predicted molar refractivity (Wildman–Crippen MR) is 110 cm³/mol. The fourth-order valence-corrected chi connectivity index (χ4v) is 4.43. The molecule has 2 atom stereocenters. The number of hydrogen-bond donors (Lipinski definition) is 2. The number of hydrogen-bond acceptors (Lipinski definition) is 7. The molecule has 4 rings (SSSR count). The number of nitrogens with zero attached hydrogens (tertiary/aromatic N) is 2. The van der Waals surface area contributed by atoms with Crippen LogP contribution in [0.2, 0.25) is 0 Å². The van der Waals surface area contributed by atoms with Crippen molar-refractivity contribution in [1.29, 1.82) is 0 Å². The van der Waals surface area contributed by atoms with E-state index in [1.54, 1.807) is 18.2 Å². The highest BCUT2D eigenvalue weighted by atomic mass is 32.2. The summed E-state index contributed by atoms with van der Waals surface area (Å²) in [5.74, 6) is -0.0420. The number of carbonyl (C=O) groups is 1. The highest BCUT2D eigenvalue weighted by Crippen LogP contribution is 2.45. The molecule has 148 valence electrons. The number of nitro benzene ring substituents is 1. The van der Waals surface area contributed by atoms with E-state index in [-0.39, 0.29) is 17.0 Å². The second-order valence-electron chi connectivity index (χ2n) is 6.83. The first-order chi connectivity index (χ1) is 14.0. The number of nitro groups is 1. The number of H-pyrrole nitrogens is 1. The van der Waals surface area contributed by atoms with E-state index in [2.05, 4.69) is 21.9 Å². The first kappa shape index (κ1) is 19.1. The maximum absolute atomic E-state index is 13.0. The van der Waals surface area contributed by atoms with Crippen LogP contribution in [0.3, 0.4) is 0 Å². The van der Waals surface area contributed by atoms with Crippen LogP contribution in [0.25, 0.3) is 0 Å². The minimum atomic E-state index is -0.555. The van der Waals surface area contributed by atoms with Crippen LogP contribution in [0.5, 0.6) is 0 Å². The van der Waals surface area contributed by atoms with Gasteiger partial charge in [0.15, 0.2) is 5.16 Å². The molecule has 1 aliphatic carbocycles. The fourth-order valence-electron chi connectivity index (χ4n) is 3.84. The average Bonchev–Trinajstić information content (AvgIpc) is 2.71. The third-order valence-corrected chi connectivity index (χ3v) is 5.95. The molecule has 2 aliphatic rings. The first-order valence-electron chi connectivity index (χ1n) is 9.11. The summed E-state index contributed by atoms with van der Waals surface area (Å²) >= 11 is 1.35. The highest BCUT2D eigenvalue weighted by Gasteiger charge is 2.42. The van der Waals surface area contributed by atoms with Gasteiger partial charge in [-0.3, -0.25) is 19.7 Å². The minimum absolute atomic E-state index is 0.0357. The zero-order chi connectivity index (χ0) is 20.5. The summed E-state index contributed by atoms with van der Waals surface area (Å²) in [5, 5.41) is 14.6. The van der Waals surface area contributed by atoms with E-state index in [9.17, 15) is 19.7 Å². The van der Waals surface area contributed by atoms with Crippen LogP contribution in [0.15, 0.2) is 58.6 Å². The number of aromatic amines is 1. The second kappa shape index (κ2) is 7.67. The normalized spacial score (nSPS) is 20.1. The van der Waals surface area contributed by atoms with Crippen LogP contribution in [0.4, 0.5) is 11.5 Å². The molecule has 2 heterocycles. The molecule has 2 N–H and O–H groups in total. The quantitative estimate of drug-likeness (QED) is 0.255. The highest BCUT2D eigenvalue weighted by molar-refractivity contribution is 7.99. The Balaban J connectivity index is 1.87. The Kier molecular flexibility index (Phi) is 5.06. The lowest BCUT2D eigenvalue weighted by Gasteiger charge is -2.36. The molecule has 0 radical (unpaired) electrons. The summed E-state index contributed by atoms with van der Waals surface area (Å²) in [6.45, 7) is 3.67. The van der Waals surface area contributed by atoms with Crippen LogP contribution in [0, 0.1) is 16.0 Å². The second-order valence-corrected chi connectivity index (χ2v) is 7.84. The van der Waals surface area contributed by atoms with Gasteiger partial charge < -0.3 is 10.3 Å². The number of carbonyl (C=O) groups excluding carboxylic acids is 1. The minimum Gasteiger partial charge on any atom is -0.343 e. The molecule has 9 heteroatoms. The zero-order valence-corrected chi connectivity index (χ0v) is 16.2. The van der Waals surface area contributed by atoms with Crippen molar-refractivity contribution in [1.82, 2.24) is 9.97 Å². The van der Waals surface area contributed by atoms with Gasteiger partial charge in [0.25, 0.3) is 11.2 Å². The van der Waals surface area contributed by atoms with E-state index >= 15 is 0 Å². The molecule has 1 aromatic heterocycles. The van der Waals surface area contributed by atoms with Crippen molar-refractivity contribution in [2.45, 2.75) is 23.9 Å². The van der Waals surface area contributed by atoms with Crippen LogP contribution in [-0.4, -0.2) is 26.4 Å².